The third-order valence-electron chi connectivity index (χ3n) is 7.56. The van der Waals surface area contributed by atoms with Gasteiger partial charge >= 0.3 is 0 Å². The van der Waals surface area contributed by atoms with Gasteiger partial charge in [0.05, 0.1) is 17.0 Å². The summed E-state index contributed by atoms with van der Waals surface area (Å²) in [5.41, 5.74) is 12.9. The van der Waals surface area contributed by atoms with Gasteiger partial charge in [-0.1, -0.05) is 109 Å². The minimum Gasteiger partial charge on any atom is -0.192 e. The van der Waals surface area contributed by atoms with Gasteiger partial charge in [-0.05, 0) is 73.8 Å². The molecule has 5 aromatic rings. The van der Waals surface area contributed by atoms with Crippen molar-refractivity contribution in [2.24, 2.45) is 0 Å². The lowest BCUT2D eigenvalue weighted by Gasteiger charge is -2.35. The van der Waals surface area contributed by atoms with Crippen LogP contribution in [0.15, 0.2) is 115 Å². The number of nitrogens with zero attached hydrogens (tertiary/aromatic N) is 1. The smallest absolute Gasteiger partial charge is 0.0991 e. The van der Waals surface area contributed by atoms with Gasteiger partial charge in [-0.25, -0.2) is 0 Å². The van der Waals surface area contributed by atoms with Crippen LogP contribution in [0, 0.1) is 11.3 Å². The van der Waals surface area contributed by atoms with Crippen molar-refractivity contribution in [2.45, 2.75) is 5.41 Å². The summed E-state index contributed by atoms with van der Waals surface area (Å²) < 4.78 is 0. The molecule has 5 aromatic carbocycles. The van der Waals surface area contributed by atoms with E-state index in [0.29, 0.717) is 5.56 Å². The van der Waals surface area contributed by atoms with Gasteiger partial charge < -0.3 is 0 Å². The first-order valence-corrected chi connectivity index (χ1v) is 11.9. The molecule has 0 radical (unpaired) electrons. The van der Waals surface area contributed by atoms with Crippen molar-refractivity contribution in [1.82, 2.24) is 0 Å². The average Bonchev–Trinajstić information content (AvgIpc) is 3.13. The van der Waals surface area contributed by atoms with Crippen LogP contribution >= 0.6 is 0 Å². The van der Waals surface area contributed by atoms with Crippen LogP contribution in [0.4, 0.5) is 0 Å². The number of fused-ring (bicyclic) bond motifs is 9. The Morgan fingerprint density at radius 1 is 0.486 bits per heavy atom. The van der Waals surface area contributed by atoms with Gasteiger partial charge in [0.1, 0.15) is 0 Å². The Morgan fingerprint density at radius 2 is 1.03 bits per heavy atom. The Kier molecular flexibility index (Phi) is 4.19. The molecule has 0 N–H and O–H groups in total. The summed E-state index contributed by atoms with van der Waals surface area (Å²) in [6.07, 6.45) is 4.52. The van der Waals surface area contributed by atoms with Gasteiger partial charge in [-0.15, -0.1) is 0 Å². The SMILES string of the molecule is N#Cc1ccc(-c2ccc3c(c2)-c2ccccc2C32c3ccccc3C=Cc3ccccc32)cc1. The molecule has 0 unspecified atom stereocenters. The fourth-order valence-electron chi connectivity index (χ4n) is 6.07. The second-order valence-corrected chi connectivity index (χ2v) is 9.25. The van der Waals surface area contributed by atoms with Crippen molar-refractivity contribution in [1.29, 1.82) is 5.26 Å². The average molecular weight is 444 g/mol. The van der Waals surface area contributed by atoms with E-state index in [1.54, 1.807) is 0 Å². The van der Waals surface area contributed by atoms with Gasteiger partial charge in [-0.2, -0.15) is 5.26 Å². The zero-order chi connectivity index (χ0) is 23.4. The summed E-state index contributed by atoms with van der Waals surface area (Å²) in [4.78, 5) is 0. The topological polar surface area (TPSA) is 23.8 Å². The van der Waals surface area contributed by atoms with Crippen LogP contribution in [-0.2, 0) is 5.41 Å². The number of nitriles is 1. The Bertz CT molecular complexity index is 1650. The third-order valence-corrected chi connectivity index (χ3v) is 7.56. The first kappa shape index (κ1) is 19.8. The van der Waals surface area contributed by atoms with Crippen molar-refractivity contribution >= 4 is 12.2 Å². The van der Waals surface area contributed by atoms with Crippen LogP contribution in [0.5, 0.6) is 0 Å². The maximum atomic E-state index is 9.20. The first-order chi connectivity index (χ1) is 17.3. The molecular weight excluding hydrogens is 422 g/mol. The maximum absolute atomic E-state index is 9.20. The Hall–Kier alpha value is -4.67. The van der Waals surface area contributed by atoms with Crippen LogP contribution in [0.25, 0.3) is 34.4 Å². The van der Waals surface area contributed by atoms with E-state index in [4.69, 9.17) is 0 Å². The summed E-state index contributed by atoms with van der Waals surface area (Å²) in [5.74, 6) is 0. The lowest BCUT2D eigenvalue weighted by molar-refractivity contribution is 0.766. The largest absolute Gasteiger partial charge is 0.192 e. The molecule has 2 aliphatic rings. The van der Waals surface area contributed by atoms with E-state index in [2.05, 4.69) is 109 Å². The molecule has 162 valence electrons. The van der Waals surface area contributed by atoms with Gasteiger partial charge in [0.25, 0.3) is 0 Å². The first-order valence-electron chi connectivity index (χ1n) is 11.9. The lowest BCUT2D eigenvalue weighted by Crippen LogP contribution is -2.29. The quantitative estimate of drug-likeness (QED) is 0.252. The van der Waals surface area contributed by atoms with E-state index in [-0.39, 0.29) is 5.41 Å². The van der Waals surface area contributed by atoms with Gasteiger partial charge in [0.15, 0.2) is 0 Å². The van der Waals surface area contributed by atoms with Crippen LogP contribution < -0.4 is 0 Å². The lowest BCUT2D eigenvalue weighted by atomic mass is 9.66. The number of benzene rings is 5. The Labute approximate surface area is 205 Å². The normalized spacial score (nSPS) is 13.8. The van der Waals surface area contributed by atoms with E-state index in [9.17, 15) is 5.26 Å². The van der Waals surface area contributed by atoms with Crippen molar-refractivity contribution in [2.75, 3.05) is 0 Å². The second kappa shape index (κ2) is 7.42. The number of hydrogen-bond donors (Lipinski definition) is 0. The van der Waals surface area contributed by atoms with E-state index in [1.807, 2.05) is 24.3 Å². The molecule has 35 heavy (non-hydrogen) atoms. The molecule has 0 bridgehead atoms. The molecule has 0 fully saturated rings. The molecule has 0 atom stereocenters. The predicted molar refractivity (Wildman–Crippen MR) is 143 cm³/mol. The summed E-state index contributed by atoms with van der Waals surface area (Å²) >= 11 is 0. The van der Waals surface area contributed by atoms with Crippen molar-refractivity contribution in [3.8, 4) is 28.3 Å². The minimum absolute atomic E-state index is 0.383. The van der Waals surface area contributed by atoms with Crippen LogP contribution in [0.3, 0.4) is 0 Å². The molecule has 0 saturated carbocycles. The number of hydrogen-bond acceptors (Lipinski definition) is 1. The molecule has 1 spiro atoms. The molecule has 7 rings (SSSR count). The molecule has 0 aromatic heterocycles. The highest BCUT2D eigenvalue weighted by Crippen LogP contribution is 2.58. The van der Waals surface area contributed by atoms with E-state index < -0.39 is 0 Å². The minimum atomic E-state index is -0.383. The fourth-order valence-corrected chi connectivity index (χ4v) is 6.07. The summed E-state index contributed by atoms with van der Waals surface area (Å²) in [7, 11) is 0. The van der Waals surface area contributed by atoms with E-state index in [1.165, 1.54) is 44.5 Å². The van der Waals surface area contributed by atoms with Crippen molar-refractivity contribution in [3.63, 3.8) is 0 Å². The highest BCUT2D eigenvalue weighted by atomic mass is 14.5. The van der Waals surface area contributed by atoms with Crippen LogP contribution in [0.1, 0.15) is 38.9 Å². The maximum Gasteiger partial charge on any atom is 0.0991 e. The number of rotatable bonds is 1. The standard InChI is InChI=1S/C34H21N/c35-22-23-13-15-24(16-14-23)27-19-20-33-29(21-27)28-9-3-6-12-32(28)34(33)30-10-4-1-7-25(30)17-18-26-8-2-5-11-31(26)34/h1-21H. The molecule has 0 saturated heterocycles. The zero-order valence-electron chi connectivity index (χ0n) is 19.1. The zero-order valence-corrected chi connectivity index (χ0v) is 19.1. The molecule has 1 heteroatoms. The molecule has 2 aliphatic carbocycles. The van der Waals surface area contributed by atoms with E-state index >= 15 is 0 Å². The highest BCUT2D eigenvalue weighted by Gasteiger charge is 2.48. The Morgan fingerprint density at radius 3 is 1.69 bits per heavy atom. The van der Waals surface area contributed by atoms with E-state index in [0.717, 1.165) is 11.1 Å². The summed E-state index contributed by atoms with van der Waals surface area (Å²) in [6, 6.07) is 43.4. The molecular formula is C34H21N. The van der Waals surface area contributed by atoms with Gasteiger partial charge in [0.2, 0.25) is 0 Å². The van der Waals surface area contributed by atoms with Crippen LogP contribution in [-0.4, -0.2) is 0 Å². The molecule has 0 aliphatic heterocycles. The second-order valence-electron chi connectivity index (χ2n) is 9.25. The van der Waals surface area contributed by atoms with Gasteiger partial charge in [-0.3, -0.25) is 0 Å². The molecule has 0 heterocycles. The Balaban J connectivity index is 1.58. The summed E-state index contributed by atoms with van der Waals surface area (Å²) in [5, 5.41) is 9.20. The van der Waals surface area contributed by atoms with Crippen LogP contribution in [0.2, 0.25) is 0 Å². The van der Waals surface area contributed by atoms with Gasteiger partial charge in [0, 0.05) is 0 Å². The summed E-state index contributed by atoms with van der Waals surface area (Å²) in [6.45, 7) is 0. The highest BCUT2D eigenvalue weighted by molar-refractivity contribution is 5.92. The third kappa shape index (κ3) is 2.68. The predicted octanol–water partition coefficient (Wildman–Crippen LogP) is 8.07. The molecule has 0 amide bonds. The van der Waals surface area contributed by atoms with Crippen molar-refractivity contribution in [3.05, 3.63) is 154 Å². The molecule has 1 nitrogen and oxygen atoms in total. The monoisotopic (exact) mass is 443 g/mol. The van der Waals surface area contributed by atoms with Crippen molar-refractivity contribution < 1.29 is 0 Å². The fraction of sp³-hybridized carbons (Fsp3) is 0.0294.